The van der Waals surface area contributed by atoms with Gasteiger partial charge in [0.15, 0.2) is 0 Å². The summed E-state index contributed by atoms with van der Waals surface area (Å²) in [5, 5.41) is 17.0. The first-order chi connectivity index (χ1) is 8.36. The number of hydrogen-bond donors (Lipinski definition) is 2. The van der Waals surface area contributed by atoms with Crippen molar-refractivity contribution in [3.8, 4) is 6.07 Å². The van der Waals surface area contributed by atoms with Crippen LogP contribution in [0, 0.1) is 11.3 Å². The second kappa shape index (κ2) is 8.60. The number of ether oxygens (including phenoxy) is 1. The van der Waals surface area contributed by atoms with Crippen molar-refractivity contribution >= 4 is 10.1 Å². The molecule has 0 saturated heterocycles. The van der Waals surface area contributed by atoms with Gasteiger partial charge >= 0.3 is 0 Å². The van der Waals surface area contributed by atoms with Crippen LogP contribution in [-0.4, -0.2) is 37.5 Å². The molecule has 1 aromatic carbocycles. The maximum absolute atomic E-state index is 9.19. The molecule has 0 spiro atoms. The second-order valence-electron chi connectivity index (χ2n) is 3.32. The lowest BCUT2D eigenvalue weighted by Gasteiger charge is -2.01. The van der Waals surface area contributed by atoms with Gasteiger partial charge < -0.3 is 9.84 Å². The molecule has 6 nitrogen and oxygen atoms in total. The minimum atomic E-state index is -3.67. The highest BCUT2D eigenvalue weighted by atomic mass is 32.2. The molecule has 100 valence electrons. The SMILES string of the molecule is CS(=O)(=O)O.N#Cc1ccc(COCCO)cc1. The summed E-state index contributed by atoms with van der Waals surface area (Å²) in [5.74, 6) is 0. The molecule has 0 fully saturated rings. The Bertz CT molecular complexity index is 467. The van der Waals surface area contributed by atoms with Crippen molar-refractivity contribution in [2.24, 2.45) is 0 Å². The number of nitrogens with zero attached hydrogens (tertiary/aromatic N) is 1. The Kier molecular flexibility index (Phi) is 7.91. The fraction of sp³-hybridized carbons (Fsp3) is 0.364. The van der Waals surface area contributed by atoms with Gasteiger partial charge in [-0.3, -0.25) is 4.55 Å². The van der Waals surface area contributed by atoms with Crippen molar-refractivity contribution in [1.29, 1.82) is 5.26 Å². The molecule has 0 saturated carbocycles. The number of benzene rings is 1. The fourth-order valence-corrected chi connectivity index (χ4v) is 0.930. The Morgan fingerprint density at radius 3 is 2.22 bits per heavy atom. The first-order valence-corrected chi connectivity index (χ1v) is 6.81. The highest BCUT2D eigenvalue weighted by molar-refractivity contribution is 7.85. The van der Waals surface area contributed by atoms with E-state index in [1.165, 1.54) is 0 Å². The Labute approximate surface area is 106 Å². The third-order valence-electron chi connectivity index (χ3n) is 1.59. The zero-order chi connectivity index (χ0) is 14.0. The largest absolute Gasteiger partial charge is 0.394 e. The van der Waals surface area contributed by atoms with E-state index in [2.05, 4.69) is 0 Å². The average molecular weight is 273 g/mol. The molecule has 0 aromatic heterocycles. The Hall–Kier alpha value is -1.46. The average Bonchev–Trinajstić information content (AvgIpc) is 2.28. The van der Waals surface area contributed by atoms with Crippen molar-refractivity contribution in [2.75, 3.05) is 19.5 Å². The van der Waals surface area contributed by atoms with E-state index in [1.54, 1.807) is 12.1 Å². The van der Waals surface area contributed by atoms with Gasteiger partial charge in [-0.1, -0.05) is 12.1 Å². The van der Waals surface area contributed by atoms with E-state index in [-0.39, 0.29) is 6.61 Å². The fourth-order valence-electron chi connectivity index (χ4n) is 0.930. The second-order valence-corrected chi connectivity index (χ2v) is 4.78. The van der Waals surface area contributed by atoms with E-state index >= 15 is 0 Å². The summed E-state index contributed by atoms with van der Waals surface area (Å²) in [6.07, 6.45) is 0.715. The minimum absolute atomic E-state index is 0.0380. The molecule has 0 bridgehead atoms. The van der Waals surface area contributed by atoms with Gasteiger partial charge in [0.2, 0.25) is 0 Å². The molecule has 0 heterocycles. The van der Waals surface area contributed by atoms with Crippen LogP contribution in [0.1, 0.15) is 11.1 Å². The van der Waals surface area contributed by atoms with Crippen molar-refractivity contribution < 1.29 is 22.8 Å². The van der Waals surface area contributed by atoms with Crippen LogP contribution in [0.25, 0.3) is 0 Å². The smallest absolute Gasteiger partial charge is 0.261 e. The number of nitriles is 1. The molecule has 2 N–H and O–H groups in total. The van der Waals surface area contributed by atoms with Crippen LogP contribution in [0.4, 0.5) is 0 Å². The van der Waals surface area contributed by atoms with E-state index in [9.17, 15) is 8.42 Å². The van der Waals surface area contributed by atoms with Crippen molar-refractivity contribution in [2.45, 2.75) is 6.61 Å². The van der Waals surface area contributed by atoms with Crippen LogP contribution < -0.4 is 0 Å². The van der Waals surface area contributed by atoms with Crippen LogP contribution in [0.5, 0.6) is 0 Å². The zero-order valence-electron chi connectivity index (χ0n) is 9.91. The van der Waals surface area contributed by atoms with Crippen LogP contribution in [-0.2, 0) is 21.5 Å². The molecule has 0 atom stereocenters. The number of aliphatic hydroxyl groups excluding tert-OH is 1. The molecule has 0 radical (unpaired) electrons. The van der Waals surface area contributed by atoms with Gasteiger partial charge in [-0.05, 0) is 17.7 Å². The van der Waals surface area contributed by atoms with Gasteiger partial charge in [-0.15, -0.1) is 0 Å². The predicted molar refractivity (Wildman–Crippen MR) is 65.4 cm³/mol. The quantitative estimate of drug-likeness (QED) is 0.613. The lowest BCUT2D eigenvalue weighted by molar-refractivity contribution is 0.0815. The van der Waals surface area contributed by atoms with Gasteiger partial charge in [0.1, 0.15) is 0 Å². The summed E-state index contributed by atoms with van der Waals surface area (Å²) in [5.41, 5.74) is 1.65. The Balaban J connectivity index is 0.000000494. The summed E-state index contributed by atoms with van der Waals surface area (Å²) < 4.78 is 31.0. The van der Waals surface area contributed by atoms with E-state index in [1.807, 2.05) is 18.2 Å². The van der Waals surface area contributed by atoms with Gasteiger partial charge in [-0.2, -0.15) is 13.7 Å². The lowest BCUT2D eigenvalue weighted by atomic mass is 10.2. The topological polar surface area (TPSA) is 108 Å². The monoisotopic (exact) mass is 273 g/mol. The third kappa shape index (κ3) is 11.0. The maximum atomic E-state index is 9.19. The van der Waals surface area contributed by atoms with Crippen molar-refractivity contribution in [3.05, 3.63) is 35.4 Å². The molecule has 7 heteroatoms. The van der Waals surface area contributed by atoms with Crippen LogP contribution in [0.2, 0.25) is 0 Å². The predicted octanol–water partition coefficient (Wildman–Crippen LogP) is 0.571. The molecular formula is C11H15NO5S. The normalized spacial score (nSPS) is 10.1. The molecule has 0 amide bonds. The molecule has 1 rings (SSSR count). The van der Waals surface area contributed by atoms with Gasteiger partial charge in [0, 0.05) is 0 Å². The summed E-state index contributed by atoms with van der Waals surface area (Å²) in [7, 11) is -3.67. The summed E-state index contributed by atoms with van der Waals surface area (Å²) in [4.78, 5) is 0. The summed E-state index contributed by atoms with van der Waals surface area (Å²) in [6, 6.07) is 9.22. The third-order valence-corrected chi connectivity index (χ3v) is 1.59. The molecular weight excluding hydrogens is 258 g/mol. The highest BCUT2D eigenvalue weighted by Crippen LogP contribution is 2.04. The standard InChI is InChI=1S/C10H11NO2.CH4O3S/c11-7-9-1-3-10(4-2-9)8-13-6-5-12;1-5(2,3)4/h1-4,12H,5-6,8H2;1H3,(H,2,3,4). The number of aliphatic hydroxyl groups is 1. The molecule has 18 heavy (non-hydrogen) atoms. The number of rotatable bonds is 4. The molecule has 1 aromatic rings. The summed E-state index contributed by atoms with van der Waals surface area (Å²) in [6.45, 7) is 0.864. The van der Waals surface area contributed by atoms with Crippen molar-refractivity contribution in [3.63, 3.8) is 0 Å². The highest BCUT2D eigenvalue weighted by Gasteiger charge is 1.93. The number of hydrogen-bond acceptors (Lipinski definition) is 5. The van der Waals surface area contributed by atoms with Crippen LogP contribution in [0.3, 0.4) is 0 Å². The van der Waals surface area contributed by atoms with Crippen LogP contribution in [0.15, 0.2) is 24.3 Å². The van der Waals surface area contributed by atoms with Gasteiger partial charge in [0.05, 0.1) is 37.7 Å². The van der Waals surface area contributed by atoms with E-state index in [0.29, 0.717) is 25.0 Å². The van der Waals surface area contributed by atoms with Gasteiger partial charge in [-0.25, -0.2) is 0 Å². The van der Waals surface area contributed by atoms with Gasteiger partial charge in [0.25, 0.3) is 10.1 Å². The van der Waals surface area contributed by atoms with E-state index in [0.717, 1.165) is 5.56 Å². The molecule has 0 unspecified atom stereocenters. The Morgan fingerprint density at radius 1 is 1.33 bits per heavy atom. The van der Waals surface area contributed by atoms with E-state index < -0.39 is 10.1 Å². The molecule has 0 aliphatic rings. The summed E-state index contributed by atoms with van der Waals surface area (Å²) >= 11 is 0. The Morgan fingerprint density at radius 2 is 1.83 bits per heavy atom. The maximum Gasteiger partial charge on any atom is 0.261 e. The zero-order valence-corrected chi connectivity index (χ0v) is 10.7. The molecule has 0 aliphatic carbocycles. The lowest BCUT2D eigenvalue weighted by Crippen LogP contribution is -1.98. The first-order valence-electron chi connectivity index (χ1n) is 4.97. The van der Waals surface area contributed by atoms with Crippen molar-refractivity contribution in [1.82, 2.24) is 0 Å². The molecule has 0 aliphatic heterocycles. The minimum Gasteiger partial charge on any atom is -0.394 e. The van der Waals surface area contributed by atoms with Crippen LogP contribution >= 0.6 is 0 Å². The first kappa shape index (κ1) is 16.5. The van der Waals surface area contributed by atoms with E-state index in [4.69, 9.17) is 19.7 Å².